The van der Waals surface area contributed by atoms with Crippen molar-refractivity contribution in [3.05, 3.63) is 47.5 Å². The predicted octanol–water partition coefficient (Wildman–Crippen LogP) is -3.24. The number of aromatic amines is 1. The largest absolute Gasteiger partial charge is 1.00 e. The Kier molecular flexibility index (Phi) is 4.67. The molecular weight excluding hydrogens is 217 g/mol. The van der Waals surface area contributed by atoms with E-state index in [0.29, 0.717) is 12.2 Å². The van der Waals surface area contributed by atoms with Crippen LogP contribution in [0.5, 0.6) is 0 Å². The number of nitrogens with one attached hydrogen (secondary N) is 1. The van der Waals surface area contributed by atoms with Gasteiger partial charge in [0.1, 0.15) is 11.8 Å². The van der Waals surface area contributed by atoms with Crippen molar-refractivity contribution >= 4 is 5.97 Å². The Labute approximate surface area is 114 Å². The number of benzene rings is 1. The molecule has 6 heteroatoms. The number of hydrogen-bond acceptors (Lipinski definition) is 4. The smallest absolute Gasteiger partial charge is 0.541 e. The topological polar surface area (TPSA) is 81.7 Å². The first kappa shape index (κ1) is 12.9. The Hall–Kier alpha value is -1.17. The van der Waals surface area contributed by atoms with E-state index < -0.39 is 5.97 Å². The molecule has 5 nitrogen and oxygen atoms in total. The van der Waals surface area contributed by atoms with Crippen LogP contribution in [0.3, 0.4) is 0 Å². The van der Waals surface area contributed by atoms with Crippen LogP contribution in [-0.2, 0) is 6.42 Å². The van der Waals surface area contributed by atoms with Gasteiger partial charge in [0, 0.05) is 6.42 Å². The van der Waals surface area contributed by atoms with E-state index in [1.807, 2.05) is 30.3 Å². The van der Waals surface area contributed by atoms with Gasteiger partial charge in [0.25, 0.3) is 0 Å². The summed E-state index contributed by atoms with van der Waals surface area (Å²) in [5.41, 5.74) is 1.04. The van der Waals surface area contributed by atoms with Crippen molar-refractivity contribution in [3.63, 3.8) is 0 Å². The van der Waals surface area contributed by atoms with Gasteiger partial charge in [0.05, 0.1) is 0 Å². The first-order valence-corrected chi connectivity index (χ1v) is 4.42. The maximum Gasteiger partial charge on any atom is 1.00 e. The summed E-state index contributed by atoms with van der Waals surface area (Å²) < 4.78 is 0. The number of aromatic carboxylic acids is 1. The van der Waals surface area contributed by atoms with E-state index in [-0.39, 0.29) is 35.4 Å². The van der Waals surface area contributed by atoms with Crippen molar-refractivity contribution in [2.45, 2.75) is 6.42 Å². The molecule has 1 aromatic carbocycles. The quantitative estimate of drug-likeness (QED) is 0.557. The molecule has 0 unspecified atom stereocenters. The van der Waals surface area contributed by atoms with Crippen LogP contribution in [-0.4, -0.2) is 21.2 Å². The zero-order chi connectivity index (χ0) is 10.7. The minimum absolute atomic E-state index is 0. The van der Waals surface area contributed by atoms with Crippen LogP contribution in [0.4, 0.5) is 0 Å². The van der Waals surface area contributed by atoms with Crippen molar-refractivity contribution in [3.8, 4) is 0 Å². The SMILES string of the molecule is O=C([O-])c1n[nH]c(Cc2ccccc2)n1.[Na+]. The summed E-state index contributed by atoms with van der Waals surface area (Å²) in [6.45, 7) is 0. The minimum Gasteiger partial charge on any atom is -0.541 e. The third-order valence-electron chi connectivity index (χ3n) is 1.93. The number of carbonyl (C=O) groups excluding carboxylic acids is 1. The van der Waals surface area contributed by atoms with Crippen LogP contribution in [0.25, 0.3) is 0 Å². The Bertz CT molecular complexity index is 470. The molecule has 0 radical (unpaired) electrons. The van der Waals surface area contributed by atoms with Crippen molar-refractivity contribution in [2.24, 2.45) is 0 Å². The van der Waals surface area contributed by atoms with Crippen LogP contribution < -0.4 is 34.7 Å². The summed E-state index contributed by atoms with van der Waals surface area (Å²) >= 11 is 0. The average molecular weight is 225 g/mol. The normalized spacial score (nSPS) is 9.50. The monoisotopic (exact) mass is 225 g/mol. The number of carbonyl (C=O) groups is 1. The maximum atomic E-state index is 10.4. The maximum absolute atomic E-state index is 10.4. The Morgan fingerprint density at radius 2 is 2.00 bits per heavy atom. The molecular formula is C10H8N3NaO2. The van der Waals surface area contributed by atoms with E-state index in [1.165, 1.54) is 0 Å². The number of hydrogen-bond donors (Lipinski definition) is 1. The molecule has 0 spiro atoms. The third-order valence-corrected chi connectivity index (χ3v) is 1.93. The van der Waals surface area contributed by atoms with Gasteiger partial charge in [-0.25, -0.2) is 4.98 Å². The standard InChI is InChI=1S/C10H9N3O2.Na/c14-10(15)9-11-8(12-13-9)6-7-4-2-1-3-5-7;/h1-5H,6H2,(H,14,15)(H,11,12,13);/q;+1/p-1. The van der Waals surface area contributed by atoms with Crippen LogP contribution in [0.1, 0.15) is 22.0 Å². The van der Waals surface area contributed by atoms with Crippen molar-refractivity contribution in [1.29, 1.82) is 0 Å². The van der Waals surface area contributed by atoms with Crippen LogP contribution >= 0.6 is 0 Å². The van der Waals surface area contributed by atoms with Gasteiger partial charge in [-0.15, -0.1) is 0 Å². The average Bonchev–Trinajstić information content (AvgIpc) is 2.68. The fourth-order valence-electron chi connectivity index (χ4n) is 1.25. The van der Waals surface area contributed by atoms with E-state index in [0.717, 1.165) is 5.56 Å². The van der Waals surface area contributed by atoms with Gasteiger partial charge in [-0.1, -0.05) is 30.3 Å². The van der Waals surface area contributed by atoms with E-state index in [9.17, 15) is 9.90 Å². The number of aromatic nitrogens is 3. The van der Waals surface area contributed by atoms with E-state index in [2.05, 4.69) is 15.2 Å². The summed E-state index contributed by atoms with van der Waals surface area (Å²) in [6.07, 6.45) is 0.529. The second kappa shape index (κ2) is 5.79. The van der Waals surface area contributed by atoms with Crippen molar-refractivity contribution in [2.75, 3.05) is 0 Å². The number of nitrogens with zero attached hydrogens (tertiary/aromatic N) is 2. The van der Waals surface area contributed by atoms with Gasteiger partial charge in [-0.05, 0) is 5.56 Å². The summed E-state index contributed by atoms with van der Waals surface area (Å²) in [5, 5.41) is 16.5. The Balaban J connectivity index is 0.00000128. The fraction of sp³-hybridized carbons (Fsp3) is 0.100. The molecule has 0 aliphatic rings. The first-order valence-electron chi connectivity index (χ1n) is 4.42. The van der Waals surface area contributed by atoms with Gasteiger partial charge in [-0.3, -0.25) is 5.10 Å². The molecule has 76 valence electrons. The van der Waals surface area contributed by atoms with Gasteiger partial charge in [-0.2, -0.15) is 5.10 Å². The molecule has 1 aromatic heterocycles. The number of carboxylic acids is 1. The number of rotatable bonds is 3. The summed E-state index contributed by atoms with van der Waals surface area (Å²) in [7, 11) is 0. The molecule has 1 N–H and O–H groups in total. The molecule has 0 atom stereocenters. The molecule has 0 aliphatic carbocycles. The molecule has 0 saturated heterocycles. The zero-order valence-corrected chi connectivity index (χ0v) is 10.8. The van der Waals surface area contributed by atoms with Gasteiger partial charge >= 0.3 is 29.6 Å². The number of H-pyrrole nitrogens is 1. The van der Waals surface area contributed by atoms with E-state index in [1.54, 1.807) is 0 Å². The second-order valence-electron chi connectivity index (χ2n) is 3.06. The molecule has 1 heterocycles. The molecule has 2 aromatic rings. The summed E-state index contributed by atoms with van der Waals surface area (Å²) in [5.74, 6) is -1.16. The third kappa shape index (κ3) is 3.16. The van der Waals surface area contributed by atoms with Gasteiger partial charge < -0.3 is 9.90 Å². The Morgan fingerprint density at radius 1 is 1.31 bits per heavy atom. The molecule has 2 rings (SSSR count). The van der Waals surface area contributed by atoms with Crippen molar-refractivity contribution < 1.29 is 39.5 Å². The Morgan fingerprint density at radius 3 is 2.56 bits per heavy atom. The zero-order valence-electron chi connectivity index (χ0n) is 8.80. The van der Waals surface area contributed by atoms with E-state index >= 15 is 0 Å². The van der Waals surface area contributed by atoms with Crippen LogP contribution in [0, 0.1) is 0 Å². The second-order valence-corrected chi connectivity index (χ2v) is 3.06. The number of carboxylic acid groups (broad SMARTS) is 1. The van der Waals surface area contributed by atoms with Crippen LogP contribution in [0.15, 0.2) is 30.3 Å². The molecule has 0 aliphatic heterocycles. The van der Waals surface area contributed by atoms with Crippen LogP contribution in [0.2, 0.25) is 0 Å². The minimum atomic E-state index is -1.37. The summed E-state index contributed by atoms with van der Waals surface area (Å²) in [4.78, 5) is 14.2. The molecule has 0 amide bonds. The summed E-state index contributed by atoms with van der Waals surface area (Å²) in [6, 6.07) is 9.59. The van der Waals surface area contributed by atoms with Gasteiger partial charge in [0.15, 0.2) is 5.82 Å². The first-order chi connectivity index (χ1) is 7.25. The molecule has 0 saturated carbocycles. The fourth-order valence-corrected chi connectivity index (χ4v) is 1.25. The molecule has 0 fully saturated rings. The van der Waals surface area contributed by atoms with E-state index in [4.69, 9.17) is 0 Å². The van der Waals surface area contributed by atoms with Gasteiger partial charge in [0.2, 0.25) is 0 Å². The molecule has 0 bridgehead atoms. The molecule has 16 heavy (non-hydrogen) atoms. The predicted molar refractivity (Wildman–Crippen MR) is 50.0 cm³/mol. The van der Waals surface area contributed by atoms with Crippen molar-refractivity contribution in [1.82, 2.24) is 15.2 Å².